The van der Waals surface area contributed by atoms with Crippen molar-refractivity contribution in [2.24, 2.45) is 45.8 Å². The Morgan fingerprint density at radius 3 is 2.16 bits per heavy atom. The van der Waals surface area contributed by atoms with Crippen LogP contribution < -0.4 is 5.32 Å². The lowest BCUT2D eigenvalue weighted by Crippen LogP contribution is -2.57. The van der Waals surface area contributed by atoms with Crippen LogP contribution in [-0.4, -0.2) is 13.6 Å². The largest absolute Gasteiger partial charge is 0.316 e. The number of rotatable bonds is 3. The standard InChI is InChI=1S/C25H43N.C6H6.H2/c1-17-9-14-25(5)22-11-13-24(4)20(18(2)16-26-6)7-8-21(24)19(22)10-12-23(25,3)15-17;1-2-4-6-5-3-1;/h17,19-22,26H,2,7-16H2,1,3-6H3;1-6H;1H. The van der Waals surface area contributed by atoms with E-state index < -0.39 is 0 Å². The topological polar surface area (TPSA) is 12.0 Å². The average Bonchev–Trinajstić information content (AvgIpc) is 3.14. The van der Waals surface area contributed by atoms with Gasteiger partial charge in [0, 0.05) is 7.97 Å². The van der Waals surface area contributed by atoms with Gasteiger partial charge in [-0.25, -0.2) is 0 Å². The fraction of sp³-hybridized carbons (Fsp3) is 0.742. The van der Waals surface area contributed by atoms with Crippen LogP contribution in [0.5, 0.6) is 0 Å². The fourth-order valence-corrected chi connectivity index (χ4v) is 9.35. The summed E-state index contributed by atoms with van der Waals surface area (Å²) in [4.78, 5) is 0. The van der Waals surface area contributed by atoms with Gasteiger partial charge in [0.2, 0.25) is 0 Å². The van der Waals surface area contributed by atoms with E-state index in [-0.39, 0.29) is 1.43 Å². The lowest BCUT2D eigenvalue weighted by molar-refractivity contribution is -0.158. The van der Waals surface area contributed by atoms with Crippen LogP contribution in [0.4, 0.5) is 0 Å². The van der Waals surface area contributed by atoms with Gasteiger partial charge in [-0.2, -0.15) is 0 Å². The zero-order valence-corrected chi connectivity index (χ0v) is 21.6. The highest BCUT2D eigenvalue weighted by Gasteiger charge is 2.63. The van der Waals surface area contributed by atoms with Gasteiger partial charge >= 0.3 is 0 Å². The van der Waals surface area contributed by atoms with Gasteiger partial charge in [-0.1, -0.05) is 82.7 Å². The van der Waals surface area contributed by atoms with Crippen LogP contribution in [0.1, 0.15) is 86.9 Å². The van der Waals surface area contributed by atoms with Crippen molar-refractivity contribution in [3.8, 4) is 0 Å². The van der Waals surface area contributed by atoms with E-state index in [1.165, 1.54) is 63.4 Å². The van der Waals surface area contributed by atoms with E-state index in [1.807, 2.05) is 36.4 Å². The highest BCUT2D eigenvalue weighted by Crippen LogP contribution is 2.71. The molecule has 4 aliphatic carbocycles. The minimum absolute atomic E-state index is 0. The zero-order chi connectivity index (χ0) is 23.0. The summed E-state index contributed by atoms with van der Waals surface area (Å²) in [5.74, 6) is 4.64. The molecule has 4 aliphatic rings. The number of hydrogen-bond donors (Lipinski definition) is 1. The van der Waals surface area contributed by atoms with Crippen molar-refractivity contribution < 1.29 is 1.43 Å². The van der Waals surface area contributed by atoms with Crippen molar-refractivity contribution in [1.82, 2.24) is 5.32 Å². The molecule has 8 atom stereocenters. The number of fused-ring (bicyclic) bond motifs is 5. The van der Waals surface area contributed by atoms with Crippen molar-refractivity contribution in [3.05, 3.63) is 48.6 Å². The van der Waals surface area contributed by atoms with Gasteiger partial charge in [-0.05, 0) is 104 Å². The molecule has 0 aliphatic heterocycles. The first kappa shape index (κ1) is 24.1. The number of hydrogen-bond acceptors (Lipinski definition) is 1. The van der Waals surface area contributed by atoms with Crippen LogP contribution in [0.25, 0.3) is 0 Å². The van der Waals surface area contributed by atoms with Crippen LogP contribution >= 0.6 is 0 Å². The number of nitrogens with one attached hydrogen (secondary N) is 1. The average molecular weight is 438 g/mol. The molecule has 1 aromatic carbocycles. The van der Waals surface area contributed by atoms with Crippen molar-refractivity contribution in [1.29, 1.82) is 0 Å². The Labute approximate surface area is 200 Å². The van der Waals surface area contributed by atoms with Crippen molar-refractivity contribution >= 4 is 0 Å². The SMILES string of the molecule is C=C(CNC)C1CCC2C3CCC4(C)CC(C)CCC4(C)C3CCC12C.[HH].c1ccccc1. The van der Waals surface area contributed by atoms with E-state index in [1.54, 1.807) is 0 Å². The molecule has 4 fully saturated rings. The summed E-state index contributed by atoms with van der Waals surface area (Å²) in [6.45, 7) is 16.0. The Hall–Kier alpha value is -1.08. The highest BCUT2D eigenvalue weighted by atomic mass is 14.8. The molecule has 0 heterocycles. The van der Waals surface area contributed by atoms with Gasteiger partial charge in [-0.15, -0.1) is 0 Å². The summed E-state index contributed by atoms with van der Waals surface area (Å²) in [5, 5.41) is 3.37. The second-order valence-corrected chi connectivity index (χ2v) is 12.8. The maximum Gasteiger partial charge on any atom is 0.0161 e. The van der Waals surface area contributed by atoms with Crippen molar-refractivity contribution in [3.63, 3.8) is 0 Å². The Morgan fingerprint density at radius 2 is 1.53 bits per heavy atom. The molecular weight excluding hydrogens is 386 g/mol. The second-order valence-electron chi connectivity index (χ2n) is 12.8. The molecule has 8 unspecified atom stereocenters. The van der Waals surface area contributed by atoms with E-state index >= 15 is 0 Å². The summed E-state index contributed by atoms with van der Waals surface area (Å²) < 4.78 is 0. The smallest absolute Gasteiger partial charge is 0.0161 e. The van der Waals surface area contributed by atoms with Crippen LogP contribution in [0.3, 0.4) is 0 Å². The Balaban J connectivity index is 0.000000382. The lowest BCUT2D eigenvalue weighted by atomic mass is 9.40. The third-order valence-electron chi connectivity index (χ3n) is 11.2. The lowest BCUT2D eigenvalue weighted by Gasteiger charge is -2.65. The van der Waals surface area contributed by atoms with Crippen LogP contribution in [0.15, 0.2) is 48.6 Å². The zero-order valence-electron chi connectivity index (χ0n) is 21.6. The molecule has 0 aromatic heterocycles. The molecule has 4 saturated carbocycles. The molecule has 0 bridgehead atoms. The molecule has 1 nitrogen and oxygen atoms in total. The quantitative estimate of drug-likeness (QED) is 0.468. The Kier molecular flexibility index (Phi) is 6.98. The minimum atomic E-state index is 0. The Morgan fingerprint density at radius 1 is 0.875 bits per heavy atom. The molecule has 1 N–H and O–H groups in total. The normalized spacial score (nSPS) is 45.0. The summed E-state index contributed by atoms with van der Waals surface area (Å²) in [5.41, 5.74) is 3.22. The molecule has 180 valence electrons. The monoisotopic (exact) mass is 437 g/mol. The molecule has 0 amide bonds. The third-order valence-corrected chi connectivity index (χ3v) is 11.2. The van der Waals surface area contributed by atoms with Gasteiger partial charge in [0.25, 0.3) is 0 Å². The maximum absolute atomic E-state index is 4.50. The molecule has 32 heavy (non-hydrogen) atoms. The second kappa shape index (κ2) is 9.28. The first-order valence-corrected chi connectivity index (χ1v) is 13.6. The molecule has 1 aromatic rings. The van der Waals surface area contributed by atoms with Crippen LogP contribution in [0.2, 0.25) is 0 Å². The predicted octanol–water partition coefficient (Wildman–Crippen LogP) is 8.38. The van der Waals surface area contributed by atoms with Gasteiger partial charge in [-0.3, -0.25) is 0 Å². The molecular formula is C31H51N. The van der Waals surface area contributed by atoms with Crippen molar-refractivity contribution in [2.45, 2.75) is 85.5 Å². The van der Waals surface area contributed by atoms with Crippen LogP contribution in [-0.2, 0) is 0 Å². The molecule has 5 rings (SSSR count). The minimum Gasteiger partial charge on any atom is -0.316 e. The summed E-state index contributed by atoms with van der Waals surface area (Å²) >= 11 is 0. The molecule has 0 saturated heterocycles. The molecule has 0 radical (unpaired) electrons. The number of likely N-dealkylation sites (N-methyl/N-ethyl adjacent to an activating group) is 1. The van der Waals surface area contributed by atoms with Gasteiger partial charge < -0.3 is 5.32 Å². The van der Waals surface area contributed by atoms with Crippen LogP contribution in [0, 0.1) is 45.8 Å². The van der Waals surface area contributed by atoms with E-state index in [0.717, 1.165) is 36.1 Å². The summed E-state index contributed by atoms with van der Waals surface area (Å²) in [7, 11) is 2.07. The van der Waals surface area contributed by atoms with E-state index in [2.05, 4.69) is 46.6 Å². The van der Waals surface area contributed by atoms with Crippen molar-refractivity contribution in [2.75, 3.05) is 13.6 Å². The molecule has 0 spiro atoms. The fourth-order valence-electron chi connectivity index (χ4n) is 9.35. The Bertz CT molecular complexity index is 750. The third kappa shape index (κ3) is 4.02. The first-order chi connectivity index (χ1) is 15.2. The van der Waals surface area contributed by atoms with E-state index in [9.17, 15) is 0 Å². The van der Waals surface area contributed by atoms with E-state index in [4.69, 9.17) is 0 Å². The van der Waals surface area contributed by atoms with Gasteiger partial charge in [0.1, 0.15) is 0 Å². The highest BCUT2D eigenvalue weighted by molar-refractivity contribution is 5.18. The van der Waals surface area contributed by atoms with E-state index in [0.29, 0.717) is 16.2 Å². The number of benzene rings is 1. The molecule has 1 heteroatoms. The first-order valence-electron chi connectivity index (χ1n) is 13.6. The predicted molar refractivity (Wildman–Crippen MR) is 141 cm³/mol. The maximum atomic E-state index is 4.50. The van der Waals surface area contributed by atoms with Gasteiger partial charge in [0.15, 0.2) is 0 Å². The summed E-state index contributed by atoms with van der Waals surface area (Å²) in [6, 6.07) is 12.0. The summed E-state index contributed by atoms with van der Waals surface area (Å²) in [6.07, 6.45) is 13.2. The van der Waals surface area contributed by atoms with Gasteiger partial charge in [0.05, 0.1) is 0 Å².